The second-order valence-corrected chi connectivity index (χ2v) is 16.0. The second-order valence-electron chi connectivity index (χ2n) is 13.6. The fourth-order valence-corrected chi connectivity index (χ4v) is 9.72. The number of nitrogens with one attached hydrogen (secondary N) is 1. The molecule has 6 atom stereocenters. The zero-order chi connectivity index (χ0) is 30.5. The van der Waals surface area contributed by atoms with Crippen molar-refractivity contribution in [3.05, 3.63) is 70.3 Å². The summed E-state index contributed by atoms with van der Waals surface area (Å²) in [6, 6.07) is 11.4. The van der Waals surface area contributed by atoms with Crippen molar-refractivity contribution in [3.63, 3.8) is 0 Å². The van der Waals surface area contributed by atoms with Crippen LogP contribution in [0, 0.1) is 23.7 Å². The molecule has 1 fully saturated rings. The largest absolute Gasteiger partial charge is 0.490 e. The first-order valence-electron chi connectivity index (χ1n) is 15.7. The molecule has 0 radical (unpaired) electrons. The van der Waals surface area contributed by atoms with E-state index < -0.39 is 27.3 Å². The fraction of sp³-hybridized carbons (Fsp3) is 0.559. The number of ether oxygens (including phenoxy) is 1. The minimum absolute atomic E-state index is 0.0754. The molecule has 232 valence electrons. The van der Waals surface area contributed by atoms with Crippen molar-refractivity contribution in [1.29, 1.82) is 0 Å². The van der Waals surface area contributed by atoms with Gasteiger partial charge in [0, 0.05) is 29.1 Å². The first-order valence-corrected chi connectivity index (χ1v) is 17.6. The average Bonchev–Trinajstić information content (AvgIpc) is 3.08. The van der Waals surface area contributed by atoms with E-state index in [4.69, 9.17) is 16.3 Å². The number of allylic oxidation sites excluding steroid dienone is 1. The highest BCUT2D eigenvalue weighted by Gasteiger charge is 2.44. The summed E-state index contributed by atoms with van der Waals surface area (Å²) in [5, 5.41) is 11.2. The molecule has 1 saturated carbocycles. The number of halogens is 1. The second kappa shape index (κ2) is 11.8. The van der Waals surface area contributed by atoms with Crippen molar-refractivity contribution in [2.45, 2.75) is 76.1 Å². The third-order valence-corrected chi connectivity index (χ3v) is 12.5. The molecule has 2 aliphatic carbocycles. The molecule has 9 heteroatoms. The molecule has 0 unspecified atom stereocenters. The third kappa shape index (κ3) is 5.95. The molecule has 2 aliphatic heterocycles. The Labute approximate surface area is 260 Å². The molecule has 1 spiro atoms. The number of carbonyl (C=O) groups excluding carboxylic acids is 1. The van der Waals surface area contributed by atoms with Gasteiger partial charge < -0.3 is 14.7 Å². The molecule has 7 nitrogen and oxygen atoms in total. The van der Waals surface area contributed by atoms with E-state index >= 15 is 0 Å². The predicted molar refractivity (Wildman–Crippen MR) is 170 cm³/mol. The number of hydrogen-bond acceptors (Lipinski definition) is 6. The van der Waals surface area contributed by atoms with Crippen LogP contribution >= 0.6 is 11.6 Å². The lowest BCUT2D eigenvalue weighted by atomic mass is 9.68. The minimum atomic E-state index is -3.96. The Bertz CT molecular complexity index is 1520. The Morgan fingerprint density at radius 2 is 1.95 bits per heavy atom. The number of rotatable bonds is 1. The van der Waals surface area contributed by atoms with Crippen LogP contribution in [0.4, 0.5) is 5.69 Å². The van der Waals surface area contributed by atoms with Gasteiger partial charge in [0.05, 0.1) is 23.6 Å². The van der Waals surface area contributed by atoms with Gasteiger partial charge >= 0.3 is 0 Å². The van der Waals surface area contributed by atoms with Crippen molar-refractivity contribution in [2.75, 3.05) is 24.6 Å². The topological polar surface area (TPSA) is 95.9 Å². The molecule has 0 saturated heterocycles. The number of fused-ring (bicyclic) bond motifs is 4. The zero-order valence-electron chi connectivity index (χ0n) is 25.3. The summed E-state index contributed by atoms with van der Waals surface area (Å²) in [6.07, 6.45) is 8.49. The number of nitrogens with zero attached hydrogens (tertiary/aromatic N) is 1. The first kappa shape index (κ1) is 30.5. The van der Waals surface area contributed by atoms with E-state index in [0.717, 1.165) is 42.8 Å². The number of aliphatic hydroxyl groups excluding tert-OH is 1. The standard InChI is InChI=1S/C34H43ClN2O5S/c1-21(2)32-15-22(3)6-12-30(38)27-10-7-25(27)18-37-19-34(14-4-5-23-16-26(35)9-11-28(23)34)20-42-31-13-8-24(17-29(31)37)33(39)36-43(32,40)41/h6,8-9,11-13,16-17,21-22,25,27,30,32,38H,4-5,7,10,14-15,18-20H2,1-3H3,(H,36,39)/b12-6+/t22-,25-,27+,30-,32+,34-/m0/s1. The molecule has 2 bridgehead atoms. The lowest BCUT2D eigenvalue weighted by molar-refractivity contribution is 0.0454. The van der Waals surface area contributed by atoms with Crippen LogP contribution < -0.4 is 14.4 Å². The van der Waals surface area contributed by atoms with Gasteiger partial charge in [0.15, 0.2) is 0 Å². The SMILES string of the molecule is CC(C)[C@H]1C[C@@H](C)/C=C/[C@H](O)[C@@H]2CC[C@H]2CN2C[C@@]3(CCCc4cc(Cl)ccc43)COc3ccc(cc32)C(=O)NS1(=O)=O. The highest BCUT2D eigenvalue weighted by molar-refractivity contribution is 7.90. The summed E-state index contributed by atoms with van der Waals surface area (Å²) < 4.78 is 35.9. The maximum atomic E-state index is 13.5. The number of amides is 1. The first-order chi connectivity index (χ1) is 20.5. The van der Waals surface area contributed by atoms with Gasteiger partial charge in [0.25, 0.3) is 5.91 Å². The van der Waals surface area contributed by atoms with Crippen LogP contribution in [0.25, 0.3) is 0 Å². The number of sulfonamides is 1. The van der Waals surface area contributed by atoms with E-state index in [9.17, 15) is 18.3 Å². The number of benzene rings is 2. The van der Waals surface area contributed by atoms with Crippen LogP contribution in [-0.2, 0) is 21.9 Å². The summed E-state index contributed by atoms with van der Waals surface area (Å²) in [4.78, 5) is 15.8. The van der Waals surface area contributed by atoms with Gasteiger partial charge in [0.2, 0.25) is 10.0 Å². The molecule has 2 aromatic rings. The number of carbonyl (C=O) groups is 1. The lowest BCUT2D eigenvalue weighted by Crippen LogP contribution is -2.49. The smallest absolute Gasteiger partial charge is 0.264 e. The molecule has 2 heterocycles. The van der Waals surface area contributed by atoms with Gasteiger partial charge in [-0.05, 0) is 104 Å². The van der Waals surface area contributed by atoms with E-state index in [1.165, 1.54) is 11.1 Å². The third-order valence-electron chi connectivity index (χ3n) is 10.3. The predicted octanol–water partition coefficient (Wildman–Crippen LogP) is 5.88. The van der Waals surface area contributed by atoms with Crippen molar-refractivity contribution >= 4 is 33.2 Å². The van der Waals surface area contributed by atoms with Crippen molar-refractivity contribution in [3.8, 4) is 5.75 Å². The number of aliphatic hydroxyl groups is 1. The summed E-state index contributed by atoms with van der Waals surface area (Å²) in [7, 11) is -3.96. The molecule has 43 heavy (non-hydrogen) atoms. The maximum Gasteiger partial charge on any atom is 0.264 e. The molecule has 6 rings (SSSR count). The van der Waals surface area contributed by atoms with E-state index in [2.05, 4.69) is 21.8 Å². The molecule has 4 aliphatic rings. The van der Waals surface area contributed by atoms with E-state index in [-0.39, 0.29) is 34.7 Å². The van der Waals surface area contributed by atoms with Gasteiger partial charge in [-0.3, -0.25) is 4.79 Å². The number of anilines is 1. The summed E-state index contributed by atoms with van der Waals surface area (Å²) in [5.41, 5.74) is 3.33. The molecule has 2 N–H and O–H groups in total. The Kier molecular flexibility index (Phi) is 8.33. The Balaban J connectivity index is 1.43. The highest BCUT2D eigenvalue weighted by atomic mass is 35.5. The van der Waals surface area contributed by atoms with Crippen LogP contribution in [0.15, 0.2) is 48.6 Å². The molecular weight excluding hydrogens is 584 g/mol. The zero-order valence-corrected chi connectivity index (χ0v) is 26.8. The Hall–Kier alpha value is -2.55. The molecule has 1 amide bonds. The maximum absolute atomic E-state index is 13.5. The van der Waals surface area contributed by atoms with Gasteiger partial charge in [0.1, 0.15) is 5.75 Å². The van der Waals surface area contributed by atoms with Crippen molar-refractivity contribution in [2.24, 2.45) is 23.7 Å². The van der Waals surface area contributed by atoms with E-state index in [1.54, 1.807) is 18.2 Å². The van der Waals surface area contributed by atoms with Crippen LogP contribution in [-0.4, -0.2) is 50.5 Å². The summed E-state index contributed by atoms with van der Waals surface area (Å²) in [5.74, 6) is 0.185. The quantitative estimate of drug-likeness (QED) is 0.384. The Morgan fingerprint density at radius 3 is 2.70 bits per heavy atom. The van der Waals surface area contributed by atoms with Crippen LogP contribution in [0.5, 0.6) is 5.75 Å². The lowest BCUT2D eigenvalue weighted by Gasteiger charge is -2.45. The van der Waals surface area contributed by atoms with Crippen LogP contribution in [0.3, 0.4) is 0 Å². The fourth-order valence-electron chi connectivity index (χ4n) is 7.72. The normalized spacial score (nSPS) is 32.9. The molecule has 2 aromatic carbocycles. The Morgan fingerprint density at radius 1 is 1.14 bits per heavy atom. The number of hydrogen-bond donors (Lipinski definition) is 2. The minimum Gasteiger partial charge on any atom is -0.490 e. The molecular formula is C34H43ClN2O5S. The van der Waals surface area contributed by atoms with Crippen LogP contribution in [0.2, 0.25) is 5.02 Å². The van der Waals surface area contributed by atoms with Gasteiger partial charge in [-0.1, -0.05) is 50.6 Å². The highest BCUT2D eigenvalue weighted by Crippen LogP contribution is 2.46. The van der Waals surface area contributed by atoms with E-state index in [0.29, 0.717) is 31.9 Å². The summed E-state index contributed by atoms with van der Waals surface area (Å²) >= 11 is 6.40. The monoisotopic (exact) mass is 626 g/mol. The van der Waals surface area contributed by atoms with Gasteiger partial charge in [-0.15, -0.1) is 0 Å². The van der Waals surface area contributed by atoms with E-state index in [1.807, 2.05) is 39.0 Å². The average molecular weight is 627 g/mol. The van der Waals surface area contributed by atoms with Gasteiger partial charge in [-0.2, -0.15) is 0 Å². The van der Waals surface area contributed by atoms with Crippen molar-refractivity contribution < 1.29 is 23.1 Å². The van der Waals surface area contributed by atoms with Gasteiger partial charge in [-0.25, -0.2) is 13.1 Å². The van der Waals surface area contributed by atoms with Crippen molar-refractivity contribution in [1.82, 2.24) is 4.72 Å². The van der Waals surface area contributed by atoms with Crippen LogP contribution in [0.1, 0.15) is 74.4 Å². The number of aryl methyl sites for hydroxylation is 1. The summed E-state index contributed by atoms with van der Waals surface area (Å²) in [6.45, 7) is 7.60. The molecule has 0 aromatic heterocycles.